The minimum Gasteiger partial charge on any atom is -0.381 e. The molecule has 0 atom stereocenters. The average molecular weight is 237 g/mol. The van der Waals surface area contributed by atoms with Crippen molar-refractivity contribution in [2.75, 3.05) is 25.1 Å². The molecule has 1 heterocycles. The first kappa shape index (κ1) is 13.9. The number of hydrogen-bond acceptors (Lipinski definition) is 4. The second kappa shape index (κ2) is 8.01. The molecule has 0 fully saturated rings. The first-order valence-corrected chi connectivity index (χ1v) is 6.48. The fraction of sp³-hybridized carbons (Fsp3) is 0.692. The molecular formula is C13H23N3O. The van der Waals surface area contributed by atoms with Crippen LogP contribution in [0.4, 0.5) is 5.82 Å². The monoisotopic (exact) mass is 237 g/mol. The molecule has 4 nitrogen and oxygen atoms in total. The van der Waals surface area contributed by atoms with E-state index in [1.165, 1.54) is 0 Å². The Morgan fingerprint density at radius 1 is 1.24 bits per heavy atom. The van der Waals surface area contributed by atoms with Crippen LogP contribution in [-0.4, -0.2) is 29.7 Å². The van der Waals surface area contributed by atoms with Gasteiger partial charge in [0.25, 0.3) is 0 Å². The molecule has 0 bridgehead atoms. The van der Waals surface area contributed by atoms with Crippen LogP contribution in [0.1, 0.15) is 38.7 Å². The third kappa shape index (κ3) is 5.13. The van der Waals surface area contributed by atoms with Crippen molar-refractivity contribution in [1.29, 1.82) is 0 Å². The molecule has 1 N–H and O–H groups in total. The van der Waals surface area contributed by atoms with Crippen molar-refractivity contribution in [2.24, 2.45) is 0 Å². The molecule has 0 aliphatic rings. The summed E-state index contributed by atoms with van der Waals surface area (Å²) < 4.78 is 5.33. The van der Waals surface area contributed by atoms with E-state index in [1.807, 2.05) is 13.0 Å². The number of anilines is 1. The summed E-state index contributed by atoms with van der Waals surface area (Å²) in [5.41, 5.74) is 1.09. The Hall–Kier alpha value is -1.16. The molecule has 1 aromatic heterocycles. The van der Waals surface area contributed by atoms with E-state index < -0.39 is 0 Å². The Labute approximate surface area is 104 Å². The fourth-order valence-electron chi connectivity index (χ4n) is 1.50. The maximum Gasteiger partial charge on any atom is 0.133 e. The zero-order valence-corrected chi connectivity index (χ0v) is 11.1. The van der Waals surface area contributed by atoms with Gasteiger partial charge in [0.2, 0.25) is 0 Å². The van der Waals surface area contributed by atoms with Gasteiger partial charge in [-0.3, -0.25) is 0 Å². The van der Waals surface area contributed by atoms with E-state index in [1.54, 1.807) is 0 Å². The largest absolute Gasteiger partial charge is 0.381 e. The van der Waals surface area contributed by atoms with Crippen LogP contribution in [0.3, 0.4) is 0 Å². The van der Waals surface area contributed by atoms with Crippen molar-refractivity contribution in [3.8, 4) is 0 Å². The quantitative estimate of drug-likeness (QED) is 0.705. The molecule has 0 amide bonds. The first-order valence-electron chi connectivity index (χ1n) is 6.48. The highest BCUT2D eigenvalue weighted by Gasteiger charge is 2.03. The molecule has 0 unspecified atom stereocenters. The van der Waals surface area contributed by atoms with Gasteiger partial charge in [0.05, 0.1) is 6.61 Å². The minimum absolute atomic E-state index is 0.691. The number of rotatable bonds is 8. The molecule has 96 valence electrons. The highest BCUT2D eigenvalue weighted by molar-refractivity contribution is 5.36. The van der Waals surface area contributed by atoms with Crippen LogP contribution in [0.15, 0.2) is 6.07 Å². The Balaban J connectivity index is 2.67. The zero-order valence-electron chi connectivity index (χ0n) is 11.1. The van der Waals surface area contributed by atoms with Gasteiger partial charge in [0.15, 0.2) is 0 Å². The molecule has 0 aromatic carbocycles. The second-order valence-corrected chi connectivity index (χ2v) is 3.89. The van der Waals surface area contributed by atoms with Crippen LogP contribution in [0.5, 0.6) is 0 Å². The van der Waals surface area contributed by atoms with Crippen LogP contribution in [-0.2, 0) is 17.6 Å². The molecule has 0 saturated heterocycles. The van der Waals surface area contributed by atoms with Crippen LogP contribution >= 0.6 is 0 Å². The van der Waals surface area contributed by atoms with Crippen molar-refractivity contribution in [3.05, 3.63) is 17.6 Å². The lowest BCUT2D eigenvalue weighted by Gasteiger charge is -2.08. The summed E-state index contributed by atoms with van der Waals surface area (Å²) in [5, 5.41) is 3.31. The van der Waals surface area contributed by atoms with E-state index in [4.69, 9.17) is 4.74 Å². The Morgan fingerprint density at radius 2 is 2.06 bits per heavy atom. The highest BCUT2D eigenvalue weighted by atomic mass is 16.5. The number of nitrogens with zero attached hydrogens (tertiary/aromatic N) is 2. The molecule has 0 aliphatic heterocycles. The minimum atomic E-state index is 0.691. The van der Waals surface area contributed by atoms with Gasteiger partial charge in [-0.2, -0.15) is 0 Å². The zero-order chi connectivity index (χ0) is 12.5. The third-order valence-electron chi connectivity index (χ3n) is 2.42. The van der Waals surface area contributed by atoms with Crippen LogP contribution in [0.2, 0.25) is 0 Å². The van der Waals surface area contributed by atoms with Crippen LogP contribution < -0.4 is 5.32 Å². The van der Waals surface area contributed by atoms with E-state index in [0.29, 0.717) is 6.61 Å². The number of hydrogen-bond donors (Lipinski definition) is 1. The lowest BCUT2D eigenvalue weighted by atomic mass is 10.3. The van der Waals surface area contributed by atoms with Crippen molar-refractivity contribution in [3.63, 3.8) is 0 Å². The molecule has 1 rings (SSSR count). The lowest BCUT2D eigenvalue weighted by Crippen LogP contribution is -2.09. The van der Waals surface area contributed by atoms with Gasteiger partial charge in [-0.15, -0.1) is 0 Å². The van der Waals surface area contributed by atoms with E-state index >= 15 is 0 Å². The number of aromatic nitrogens is 2. The maximum atomic E-state index is 5.33. The predicted molar refractivity (Wildman–Crippen MR) is 70.4 cm³/mol. The van der Waals surface area contributed by atoms with Gasteiger partial charge in [-0.05, 0) is 19.8 Å². The SMILES string of the molecule is CCCNc1cc(CC)nc(CCOCC)n1. The van der Waals surface area contributed by atoms with E-state index in [9.17, 15) is 0 Å². The van der Waals surface area contributed by atoms with Gasteiger partial charge < -0.3 is 10.1 Å². The van der Waals surface area contributed by atoms with Crippen molar-refractivity contribution in [2.45, 2.75) is 40.0 Å². The molecular weight excluding hydrogens is 214 g/mol. The van der Waals surface area contributed by atoms with Gasteiger partial charge in [-0.25, -0.2) is 9.97 Å². The third-order valence-corrected chi connectivity index (χ3v) is 2.42. The molecule has 0 saturated carbocycles. The Kier molecular flexibility index (Phi) is 6.55. The second-order valence-electron chi connectivity index (χ2n) is 3.89. The van der Waals surface area contributed by atoms with E-state index in [-0.39, 0.29) is 0 Å². The Bertz CT molecular complexity index is 328. The van der Waals surface area contributed by atoms with Gasteiger partial charge >= 0.3 is 0 Å². The van der Waals surface area contributed by atoms with Crippen molar-refractivity contribution in [1.82, 2.24) is 9.97 Å². The molecule has 0 aliphatic carbocycles. The maximum absolute atomic E-state index is 5.33. The molecule has 0 radical (unpaired) electrons. The normalized spacial score (nSPS) is 10.5. The summed E-state index contributed by atoms with van der Waals surface area (Å²) in [7, 11) is 0. The summed E-state index contributed by atoms with van der Waals surface area (Å²) in [5.74, 6) is 1.81. The topological polar surface area (TPSA) is 47.0 Å². The predicted octanol–water partition coefficient (Wildman–Crippen LogP) is 2.44. The average Bonchev–Trinajstić information content (AvgIpc) is 2.36. The van der Waals surface area contributed by atoms with Crippen molar-refractivity contribution >= 4 is 5.82 Å². The van der Waals surface area contributed by atoms with Crippen molar-refractivity contribution < 1.29 is 4.74 Å². The summed E-state index contributed by atoms with van der Waals surface area (Å²) in [6.45, 7) is 8.64. The standard InChI is InChI=1S/C13H23N3O/c1-4-8-14-13-10-11(5-2)15-12(16-13)7-9-17-6-3/h10H,4-9H2,1-3H3,(H,14,15,16). The Morgan fingerprint density at radius 3 is 2.71 bits per heavy atom. The summed E-state index contributed by atoms with van der Waals surface area (Å²) in [4.78, 5) is 8.99. The number of aryl methyl sites for hydroxylation is 1. The molecule has 4 heteroatoms. The number of ether oxygens (including phenoxy) is 1. The molecule has 17 heavy (non-hydrogen) atoms. The van der Waals surface area contributed by atoms with Gasteiger partial charge in [0.1, 0.15) is 11.6 Å². The van der Waals surface area contributed by atoms with Crippen LogP contribution in [0, 0.1) is 0 Å². The van der Waals surface area contributed by atoms with Gasteiger partial charge in [0, 0.05) is 31.3 Å². The summed E-state index contributed by atoms with van der Waals surface area (Å²) >= 11 is 0. The smallest absolute Gasteiger partial charge is 0.133 e. The van der Waals surface area contributed by atoms with E-state index in [0.717, 1.165) is 49.8 Å². The summed E-state index contributed by atoms with van der Waals surface area (Å²) in [6.07, 6.45) is 2.81. The molecule has 1 aromatic rings. The molecule has 0 spiro atoms. The summed E-state index contributed by atoms with van der Waals surface area (Å²) in [6, 6.07) is 2.03. The van der Waals surface area contributed by atoms with Gasteiger partial charge in [-0.1, -0.05) is 13.8 Å². The van der Waals surface area contributed by atoms with E-state index in [2.05, 4.69) is 29.1 Å². The number of nitrogens with one attached hydrogen (secondary N) is 1. The van der Waals surface area contributed by atoms with Crippen LogP contribution in [0.25, 0.3) is 0 Å². The fourth-order valence-corrected chi connectivity index (χ4v) is 1.50. The highest BCUT2D eigenvalue weighted by Crippen LogP contribution is 2.08. The first-order chi connectivity index (χ1) is 8.30. The lowest BCUT2D eigenvalue weighted by molar-refractivity contribution is 0.149.